The highest BCUT2D eigenvalue weighted by Gasteiger charge is 2.21. The van der Waals surface area contributed by atoms with E-state index < -0.39 is 21.7 Å². The fourth-order valence-corrected chi connectivity index (χ4v) is 3.62. The Morgan fingerprint density at radius 2 is 1.96 bits per heavy atom. The Morgan fingerprint density at radius 1 is 1.21 bits per heavy atom. The van der Waals surface area contributed by atoms with Gasteiger partial charge in [-0.15, -0.1) is 0 Å². The molecule has 0 amide bonds. The highest BCUT2D eigenvalue weighted by Crippen LogP contribution is 2.24. The SMILES string of the molecule is Cc1cccc(C(=O)O)c1NS(=O)(=O)Cc1noc2ccccc12. The number of nitrogens with zero attached hydrogens (tertiary/aromatic N) is 1. The lowest BCUT2D eigenvalue weighted by Crippen LogP contribution is -2.18. The van der Waals surface area contributed by atoms with E-state index >= 15 is 0 Å². The molecule has 3 aromatic rings. The van der Waals surface area contributed by atoms with E-state index in [2.05, 4.69) is 9.88 Å². The minimum atomic E-state index is -3.86. The van der Waals surface area contributed by atoms with Gasteiger partial charge in [-0.1, -0.05) is 29.4 Å². The van der Waals surface area contributed by atoms with Crippen molar-refractivity contribution in [3.63, 3.8) is 0 Å². The van der Waals surface area contributed by atoms with Crippen molar-refractivity contribution in [3.05, 3.63) is 59.3 Å². The van der Waals surface area contributed by atoms with Crippen LogP contribution < -0.4 is 4.72 Å². The number of benzene rings is 2. The summed E-state index contributed by atoms with van der Waals surface area (Å²) in [5.41, 5.74) is 1.22. The second kappa shape index (κ2) is 5.97. The molecule has 0 radical (unpaired) electrons. The van der Waals surface area contributed by atoms with Gasteiger partial charge in [-0.2, -0.15) is 0 Å². The lowest BCUT2D eigenvalue weighted by molar-refractivity contribution is 0.0698. The van der Waals surface area contributed by atoms with Gasteiger partial charge < -0.3 is 9.63 Å². The average molecular weight is 346 g/mol. The van der Waals surface area contributed by atoms with Crippen LogP contribution in [0.1, 0.15) is 21.6 Å². The number of anilines is 1. The first-order chi connectivity index (χ1) is 11.4. The van der Waals surface area contributed by atoms with E-state index in [9.17, 15) is 18.3 Å². The number of carboxylic acids is 1. The second-order valence-electron chi connectivity index (χ2n) is 5.29. The van der Waals surface area contributed by atoms with Crippen LogP contribution in [-0.4, -0.2) is 24.7 Å². The molecule has 0 unspecified atom stereocenters. The summed E-state index contributed by atoms with van der Waals surface area (Å²) in [6, 6.07) is 11.5. The lowest BCUT2D eigenvalue weighted by atomic mass is 10.1. The van der Waals surface area contributed by atoms with Gasteiger partial charge in [0.05, 0.1) is 11.3 Å². The lowest BCUT2D eigenvalue weighted by Gasteiger charge is -2.12. The fraction of sp³-hybridized carbons (Fsp3) is 0.125. The molecule has 0 atom stereocenters. The van der Waals surface area contributed by atoms with Crippen LogP contribution in [-0.2, 0) is 15.8 Å². The summed E-state index contributed by atoms with van der Waals surface area (Å²) in [7, 11) is -3.86. The van der Waals surface area contributed by atoms with Crippen LogP contribution in [0.2, 0.25) is 0 Å². The number of fused-ring (bicyclic) bond motifs is 1. The Morgan fingerprint density at radius 3 is 2.71 bits per heavy atom. The number of para-hydroxylation sites is 2. The van der Waals surface area contributed by atoms with E-state index in [1.165, 1.54) is 6.07 Å². The largest absolute Gasteiger partial charge is 0.478 e. The molecular weight excluding hydrogens is 332 g/mol. The van der Waals surface area contributed by atoms with Gasteiger partial charge in [0.2, 0.25) is 10.0 Å². The van der Waals surface area contributed by atoms with Gasteiger partial charge in [0.1, 0.15) is 11.4 Å². The number of sulfonamides is 1. The van der Waals surface area contributed by atoms with Crippen molar-refractivity contribution in [2.45, 2.75) is 12.7 Å². The van der Waals surface area contributed by atoms with Crippen molar-refractivity contribution in [2.75, 3.05) is 4.72 Å². The maximum Gasteiger partial charge on any atom is 0.337 e. The first kappa shape index (κ1) is 16.0. The summed E-state index contributed by atoms with van der Waals surface area (Å²) >= 11 is 0. The van der Waals surface area contributed by atoms with E-state index in [1.54, 1.807) is 43.3 Å². The summed E-state index contributed by atoms with van der Waals surface area (Å²) < 4.78 is 32.3. The van der Waals surface area contributed by atoms with Crippen molar-refractivity contribution < 1.29 is 22.8 Å². The topological polar surface area (TPSA) is 110 Å². The Labute approximate surface area is 137 Å². The van der Waals surface area contributed by atoms with Crippen molar-refractivity contribution in [1.82, 2.24) is 5.16 Å². The summed E-state index contributed by atoms with van der Waals surface area (Å²) in [5.74, 6) is -1.62. The standard InChI is InChI=1S/C16H14N2O5S/c1-10-5-4-7-12(16(19)20)15(10)18-24(21,22)9-13-11-6-2-3-8-14(11)23-17-13/h2-8,18H,9H2,1H3,(H,19,20). The van der Waals surface area contributed by atoms with Crippen molar-refractivity contribution in [1.29, 1.82) is 0 Å². The van der Waals surface area contributed by atoms with Crippen LogP contribution in [0.5, 0.6) is 0 Å². The Hall–Kier alpha value is -2.87. The third kappa shape index (κ3) is 3.09. The van der Waals surface area contributed by atoms with Crippen LogP contribution >= 0.6 is 0 Å². The summed E-state index contributed by atoms with van der Waals surface area (Å²) in [6.45, 7) is 1.63. The minimum absolute atomic E-state index is 0.0535. The number of nitrogens with one attached hydrogen (secondary N) is 1. The molecule has 0 bridgehead atoms. The number of aromatic carboxylic acids is 1. The predicted molar refractivity (Wildman–Crippen MR) is 88.4 cm³/mol. The number of carboxylic acid groups (broad SMARTS) is 1. The van der Waals surface area contributed by atoms with Crippen LogP contribution in [0.25, 0.3) is 11.0 Å². The van der Waals surface area contributed by atoms with E-state index in [1.807, 2.05) is 0 Å². The van der Waals surface area contributed by atoms with Crippen LogP contribution in [0.3, 0.4) is 0 Å². The summed E-state index contributed by atoms with van der Waals surface area (Å²) in [6.07, 6.45) is 0. The molecule has 8 heteroatoms. The normalized spacial score (nSPS) is 11.5. The highest BCUT2D eigenvalue weighted by molar-refractivity contribution is 7.91. The zero-order valence-corrected chi connectivity index (χ0v) is 13.5. The van der Waals surface area contributed by atoms with Crippen molar-refractivity contribution >= 4 is 32.6 Å². The zero-order chi connectivity index (χ0) is 17.3. The summed E-state index contributed by atoms with van der Waals surface area (Å²) in [5, 5.41) is 13.6. The van der Waals surface area contributed by atoms with E-state index in [0.29, 0.717) is 16.5 Å². The van der Waals surface area contributed by atoms with E-state index in [-0.39, 0.29) is 16.9 Å². The van der Waals surface area contributed by atoms with E-state index in [0.717, 1.165) is 0 Å². The summed E-state index contributed by atoms with van der Waals surface area (Å²) in [4.78, 5) is 11.3. The molecule has 2 N–H and O–H groups in total. The molecular formula is C16H14N2O5S. The molecule has 1 aromatic heterocycles. The molecule has 0 aliphatic carbocycles. The third-order valence-electron chi connectivity index (χ3n) is 3.54. The first-order valence-corrected chi connectivity index (χ1v) is 8.69. The minimum Gasteiger partial charge on any atom is -0.478 e. The number of aromatic nitrogens is 1. The predicted octanol–water partition coefficient (Wildman–Crippen LogP) is 2.78. The van der Waals surface area contributed by atoms with E-state index in [4.69, 9.17) is 4.52 Å². The second-order valence-corrected chi connectivity index (χ2v) is 7.01. The van der Waals surface area contributed by atoms with Crippen LogP contribution in [0.15, 0.2) is 47.0 Å². The number of aryl methyl sites for hydroxylation is 1. The number of carbonyl (C=O) groups is 1. The van der Waals surface area contributed by atoms with Crippen molar-refractivity contribution in [3.8, 4) is 0 Å². The van der Waals surface area contributed by atoms with Gasteiger partial charge in [-0.3, -0.25) is 4.72 Å². The Bertz CT molecular complexity index is 1020. The monoisotopic (exact) mass is 346 g/mol. The molecule has 0 saturated heterocycles. The molecule has 0 fully saturated rings. The molecule has 1 heterocycles. The average Bonchev–Trinajstić information content (AvgIpc) is 2.91. The molecule has 2 aromatic carbocycles. The van der Waals surface area contributed by atoms with Crippen molar-refractivity contribution in [2.24, 2.45) is 0 Å². The maximum absolute atomic E-state index is 12.5. The number of hydrogen-bond acceptors (Lipinski definition) is 5. The molecule has 0 aliphatic rings. The van der Waals surface area contributed by atoms with Gasteiger partial charge in [0, 0.05) is 5.39 Å². The van der Waals surface area contributed by atoms with Gasteiger partial charge in [-0.05, 0) is 30.7 Å². The Kier molecular flexibility index (Phi) is 3.98. The van der Waals surface area contributed by atoms with Crippen LogP contribution in [0.4, 0.5) is 5.69 Å². The number of hydrogen-bond donors (Lipinski definition) is 2. The molecule has 7 nitrogen and oxygen atoms in total. The molecule has 0 spiro atoms. The zero-order valence-electron chi connectivity index (χ0n) is 12.7. The van der Waals surface area contributed by atoms with Gasteiger partial charge in [0.25, 0.3) is 0 Å². The third-order valence-corrected chi connectivity index (χ3v) is 4.71. The molecule has 3 rings (SSSR count). The van der Waals surface area contributed by atoms with Crippen LogP contribution in [0, 0.1) is 6.92 Å². The fourth-order valence-electron chi connectivity index (χ4n) is 2.40. The number of rotatable bonds is 5. The van der Waals surface area contributed by atoms with Gasteiger partial charge >= 0.3 is 5.97 Å². The maximum atomic E-state index is 12.5. The molecule has 124 valence electrons. The first-order valence-electron chi connectivity index (χ1n) is 7.04. The highest BCUT2D eigenvalue weighted by atomic mass is 32.2. The molecule has 0 saturated carbocycles. The molecule has 0 aliphatic heterocycles. The smallest absolute Gasteiger partial charge is 0.337 e. The van der Waals surface area contributed by atoms with Gasteiger partial charge in [-0.25, -0.2) is 13.2 Å². The van der Waals surface area contributed by atoms with Gasteiger partial charge in [0.15, 0.2) is 5.58 Å². The quantitative estimate of drug-likeness (QED) is 0.735. The molecule has 24 heavy (non-hydrogen) atoms. The Balaban J connectivity index is 1.94.